The number of morpholine rings is 1. The molecule has 0 atom stereocenters. The van der Waals surface area contributed by atoms with Crippen LogP contribution in [-0.4, -0.2) is 43.2 Å². The standard InChI is InChI=1S/C16H23N3O2/c20-16(18-13-4-2-1-3-5-13)15-12-14(6-7-17-15)19-8-10-21-11-9-19/h6-7,12-13H,1-5,8-11H2,(H,18,20). The lowest BCUT2D eigenvalue weighted by atomic mass is 9.95. The van der Waals surface area contributed by atoms with Crippen molar-refractivity contribution in [3.8, 4) is 0 Å². The van der Waals surface area contributed by atoms with Crippen molar-refractivity contribution < 1.29 is 9.53 Å². The summed E-state index contributed by atoms with van der Waals surface area (Å²) in [7, 11) is 0. The minimum atomic E-state index is -0.0444. The minimum Gasteiger partial charge on any atom is -0.378 e. The fraction of sp³-hybridized carbons (Fsp3) is 0.625. The van der Waals surface area contributed by atoms with E-state index in [4.69, 9.17) is 4.74 Å². The van der Waals surface area contributed by atoms with Gasteiger partial charge in [-0.2, -0.15) is 0 Å². The highest BCUT2D eigenvalue weighted by Gasteiger charge is 2.18. The van der Waals surface area contributed by atoms with Crippen molar-refractivity contribution >= 4 is 11.6 Å². The second-order valence-corrected chi connectivity index (χ2v) is 5.81. The molecule has 1 N–H and O–H groups in total. The molecule has 1 aromatic rings. The van der Waals surface area contributed by atoms with Gasteiger partial charge in [-0.25, -0.2) is 0 Å². The molecule has 0 unspecified atom stereocenters. The molecule has 5 nitrogen and oxygen atoms in total. The summed E-state index contributed by atoms with van der Waals surface area (Å²) in [5.74, 6) is -0.0444. The number of hydrogen-bond donors (Lipinski definition) is 1. The summed E-state index contributed by atoms with van der Waals surface area (Å²) in [6, 6.07) is 4.17. The predicted octanol–water partition coefficient (Wildman–Crippen LogP) is 1.98. The number of carbonyl (C=O) groups excluding carboxylic acids is 1. The molecule has 114 valence electrons. The minimum absolute atomic E-state index is 0.0444. The van der Waals surface area contributed by atoms with E-state index in [-0.39, 0.29) is 5.91 Å². The van der Waals surface area contributed by atoms with Crippen LogP contribution in [0.15, 0.2) is 18.3 Å². The van der Waals surface area contributed by atoms with Crippen molar-refractivity contribution in [1.82, 2.24) is 10.3 Å². The number of anilines is 1. The van der Waals surface area contributed by atoms with Crippen molar-refractivity contribution in [3.63, 3.8) is 0 Å². The van der Waals surface area contributed by atoms with Crippen molar-refractivity contribution in [2.45, 2.75) is 38.1 Å². The Bertz CT molecular complexity index is 480. The van der Waals surface area contributed by atoms with E-state index in [1.54, 1.807) is 6.20 Å². The number of rotatable bonds is 3. The quantitative estimate of drug-likeness (QED) is 0.924. The summed E-state index contributed by atoms with van der Waals surface area (Å²) >= 11 is 0. The third kappa shape index (κ3) is 3.73. The molecule has 1 saturated heterocycles. The first kappa shape index (κ1) is 14.3. The smallest absolute Gasteiger partial charge is 0.270 e. The first-order valence-electron chi connectivity index (χ1n) is 7.92. The largest absolute Gasteiger partial charge is 0.378 e. The second kappa shape index (κ2) is 6.89. The summed E-state index contributed by atoms with van der Waals surface area (Å²) in [5, 5.41) is 3.12. The maximum absolute atomic E-state index is 12.3. The zero-order chi connectivity index (χ0) is 14.5. The van der Waals surface area contributed by atoms with E-state index in [0.717, 1.165) is 44.8 Å². The Hall–Kier alpha value is -1.62. The van der Waals surface area contributed by atoms with Crippen LogP contribution in [0.2, 0.25) is 0 Å². The molecule has 0 bridgehead atoms. The maximum Gasteiger partial charge on any atom is 0.270 e. The van der Waals surface area contributed by atoms with Gasteiger partial charge in [0.2, 0.25) is 0 Å². The number of ether oxygens (including phenoxy) is 1. The van der Waals surface area contributed by atoms with Crippen LogP contribution in [0.25, 0.3) is 0 Å². The lowest BCUT2D eigenvalue weighted by Gasteiger charge is -2.29. The van der Waals surface area contributed by atoms with E-state index < -0.39 is 0 Å². The predicted molar refractivity (Wildman–Crippen MR) is 81.6 cm³/mol. The van der Waals surface area contributed by atoms with Crippen LogP contribution >= 0.6 is 0 Å². The number of pyridine rings is 1. The van der Waals surface area contributed by atoms with E-state index in [1.807, 2.05) is 12.1 Å². The van der Waals surface area contributed by atoms with Crippen molar-refractivity contribution in [2.24, 2.45) is 0 Å². The third-order valence-electron chi connectivity index (χ3n) is 4.29. The lowest BCUT2D eigenvalue weighted by molar-refractivity contribution is 0.0922. The van der Waals surface area contributed by atoms with Crippen LogP contribution in [0.4, 0.5) is 5.69 Å². The lowest BCUT2D eigenvalue weighted by Crippen LogP contribution is -2.38. The fourth-order valence-electron chi connectivity index (χ4n) is 3.07. The molecular formula is C16H23N3O2. The number of amides is 1. The monoisotopic (exact) mass is 289 g/mol. The van der Waals surface area contributed by atoms with Crippen LogP contribution in [0.1, 0.15) is 42.6 Å². The molecule has 1 aromatic heterocycles. The molecule has 3 rings (SSSR count). The number of hydrogen-bond acceptors (Lipinski definition) is 4. The van der Waals surface area contributed by atoms with Gasteiger partial charge in [0.25, 0.3) is 5.91 Å². The molecule has 1 aliphatic heterocycles. The molecule has 5 heteroatoms. The maximum atomic E-state index is 12.3. The van der Waals surface area contributed by atoms with Crippen LogP contribution < -0.4 is 10.2 Å². The fourth-order valence-corrected chi connectivity index (χ4v) is 3.07. The van der Waals surface area contributed by atoms with Gasteiger partial charge in [-0.3, -0.25) is 9.78 Å². The van der Waals surface area contributed by atoms with Gasteiger partial charge in [0, 0.05) is 31.0 Å². The van der Waals surface area contributed by atoms with Crippen LogP contribution in [-0.2, 0) is 4.74 Å². The van der Waals surface area contributed by atoms with Crippen LogP contribution in [0.5, 0.6) is 0 Å². The van der Waals surface area contributed by atoms with Gasteiger partial charge in [-0.05, 0) is 25.0 Å². The zero-order valence-corrected chi connectivity index (χ0v) is 12.4. The molecule has 0 aromatic carbocycles. The Morgan fingerprint density at radius 2 is 2.00 bits per heavy atom. The number of nitrogens with zero attached hydrogens (tertiary/aromatic N) is 2. The number of nitrogens with one attached hydrogen (secondary N) is 1. The van der Waals surface area contributed by atoms with Crippen LogP contribution in [0, 0.1) is 0 Å². The molecule has 2 fully saturated rings. The highest BCUT2D eigenvalue weighted by atomic mass is 16.5. The van der Waals surface area contributed by atoms with Crippen LogP contribution in [0.3, 0.4) is 0 Å². The van der Waals surface area contributed by atoms with E-state index >= 15 is 0 Å². The first-order valence-corrected chi connectivity index (χ1v) is 7.92. The summed E-state index contributed by atoms with van der Waals surface area (Å²) in [5.41, 5.74) is 1.58. The molecule has 0 radical (unpaired) electrons. The third-order valence-corrected chi connectivity index (χ3v) is 4.29. The second-order valence-electron chi connectivity index (χ2n) is 5.81. The van der Waals surface area contributed by atoms with E-state index in [2.05, 4.69) is 15.2 Å². The normalized spacial score (nSPS) is 20.3. The first-order chi connectivity index (χ1) is 10.3. The van der Waals surface area contributed by atoms with Gasteiger partial charge in [0.05, 0.1) is 13.2 Å². The number of aromatic nitrogens is 1. The molecule has 2 aliphatic rings. The molecule has 1 saturated carbocycles. The Kier molecular flexibility index (Phi) is 4.70. The van der Waals surface area contributed by atoms with Crippen molar-refractivity contribution in [2.75, 3.05) is 31.2 Å². The highest BCUT2D eigenvalue weighted by Crippen LogP contribution is 2.19. The average Bonchev–Trinajstić information content (AvgIpc) is 2.57. The summed E-state index contributed by atoms with van der Waals surface area (Å²) in [4.78, 5) is 18.8. The number of carbonyl (C=O) groups is 1. The molecular weight excluding hydrogens is 266 g/mol. The summed E-state index contributed by atoms with van der Waals surface area (Å²) in [6.45, 7) is 3.22. The molecule has 2 heterocycles. The van der Waals surface area contributed by atoms with Gasteiger partial charge in [0.1, 0.15) is 5.69 Å². The van der Waals surface area contributed by atoms with E-state index in [9.17, 15) is 4.79 Å². The van der Waals surface area contributed by atoms with Crippen molar-refractivity contribution in [1.29, 1.82) is 0 Å². The van der Waals surface area contributed by atoms with Gasteiger partial charge in [0.15, 0.2) is 0 Å². The molecule has 21 heavy (non-hydrogen) atoms. The highest BCUT2D eigenvalue weighted by molar-refractivity contribution is 5.93. The molecule has 1 amide bonds. The van der Waals surface area contributed by atoms with E-state index in [0.29, 0.717) is 11.7 Å². The summed E-state index contributed by atoms with van der Waals surface area (Å²) < 4.78 is 5.36. The van der Waals surface area contributed by atoms with Gasteiger partial charge in [-0.1, -0.05) is 19.3 Å². The summed E-state index contributed by atoms with van der Waals surface area (Å²) in [6.07, 6.45) is 7.62. The van der Waals surface area contributed by atoms with Gasteiger partial charge in [-0.15, -0.1) is 0 Å². The van der Waals surface area contributed by atoms with E-state index in [1.165, 1.54) is 19.3 Å². The Morgan fingerprint density at radius 1 is 1.24 bits per heavy atom. The topological polar surface area (TPSA) is 54.5 Å². The van der Waals surface area contributed by atoms with Crippen molar-refractivity contribution in [3.05, 3.63) is 24.0 Å². The Balaban J connectivity index is 1.65. The zero-order valence-electron chi connectivity index (χ0n) is 12.4. The molecule has 0 spiro atoms. The molecule has 1 aliphatic carbocycles. The SMILES string of the molecule is O=C(NC1CCCCC1)c1cc(N2CCOCC2)ccn1. The van der Waals surface area contributed by atoms with Gasteiger partial charge >= 0.3 is 0 Å². The Morgan fingerprint density at radius 3 is 2.76 bits per heavy atom. The average molecular weight is 289 g/mol. The Labute approximate surface area is 125 Å². The van der Waals surface area contributed by atoms with Gasteiger partial charge < -0.3 is 15.0 Å².